The first kappa shape index (κ1) is 23.6. The Morgan fingerprint density at radius 3 is 2.48 bits per heavy atom. The maximum absolute atomic E-state index is 13.4. The van der Waals surface area contributed by atoms with Crippen LogP contribution in [0.4, 0.5) is 20.4 Å². The maximum atomic E-state index is 13.4. The Labute approximate surface area is 177 Å². The summed E-state index contributed by atoms with van der Waals surface area (Å²) in [5, 5.41) is 3.92. The number of hydrogen-bond acceptors (Lipinski definition) is 6. The molecular formula is C20H30F2N4OSSi. The molecule has 0 aliphatic rings. The molecule has 0 spiro atoms. The first-order valence-electron chi connectivity index (χ1n) is 9.49. The summed E-state index contributed by atoms with van der Waals surface area (Å²) in [4.78, 5) is 8.68. The number of nitrogens with one attached hydrogen (secondary N) is 1. The Hall–Kier alpha value is -1.71. The summed E-state index contributed by atoms with van der Waals surface area (Å²) in [6, 6.07) is 5.54. The topological polar surface area (TPSA) is 73.1 Å². The van der Waals surface area contributed by atoms with E-state index in [0.29, 0.717) is 34.7 Å². The molecular weight excluding hydrogens is 410 g/mol. The van der Waals surface area contributed by atoms with E-state index in [-0.39, 0.29) is 11.1 Å². The zero-order valence-electron chi connectivity index (χ0n) is 17.8. The number of hydrogen-bond donors (Lipinski definition) is 2. The van der Waals surface area contributed by atoms with Crippen LogP contribution in [-0.4, -0.2) is 30.9 Å². The van der Waals surface area contributed by atoms with Crippen molar-refractivity contribution >= 4 is 31.7 Å². The first-order chi connectivity index (χ1) is 13.4. The quantitative estimate of drug-likeness (QED) is 0.323. The van der Waals surface area contributed by atoms with Gasteiger partial charge in [-0.1, -0.05) is 38.6 Å². The maximum Gasteiger partial charge on any atom is 0.192 e. The van der Waals surface area contributed by atoms with Gasteiger partial charge in [-0.2, -0.15) is 0 Å². The van der Waals surface area contributed by atoms with Crippen LogP contribution >= 0.6 is 11.8 Å². The van der Waals surface area contributed by atoms with E-state index in [1.165, 1.54) is 23.9 Å². The molecule has 1 heterocycles. The van der Waals surface area contributed by atoms with Crippen molar-refractivity contribution in [3.05, 3.63) is 41.5 Å². The van der Waals surface area contributed by atoms with Crippen molar-refractivity contribution in [1.82, 2.24) is 9.97 Å². The average molecular weight is 441 g/mol. The number of nitrogens with zero attached hydrogens (tertiary/aromatic N) is 2. The monoisotopic (exact) mass is 440 g/mol. The van der Waals surface area contributed by atoms with E-state index in [2.05, 4.69) is 49.1 Å². The summed E-state index contributed by atoms with van der Waals surface area (Å²) in [5.74, 6) is -0.373. The fourth-order valence-corrected chi connectivity index (χ4v) is 4.11. The van der Waals surface area contributed by atoms with Gasteiger partial charge in [0.15, 0.2) is 25.1 Å². The minimum Gasteiger partial charge on any atom is -0.415 e. The predicted molar refractivity (Wildman–Crippen MR) is 119 cm³/mol. The Morgan fingerprint density at radius 2 is 1.86 bits per heavy atom. The summed E-state index contributed by atoms with van der Waals surface area (Å²) in [6.45, 7) is 13.7. The molecule has 0 aliphatic carbocycles. The van der Waals surface area contributed by atoms with Gasteiger partial charge in [-0.15, -0.1) is 0 Å². The molecule has 0 saturated carbocycles. The fourth-order valence-electron chi connectivity index (χ4n) is 2.20. The number of benzene rings is 1. The Bertz CT molecular complexity index is 846. The van der Waals surface area contributed by atoms with Crippen LogP contribution in [-0.2, 0) is 10.2 Å². The molecule has 0 fully saturated rings. The Kier molecular flexibility index (Phi) is 7.64. The van der Waals surface area contributed by atoms with E-state index in [1.807, 2.05) is 6.92 Å². The van der Waals surface area contributed by atoms with Crippen LogP contribution in [0, 0.1) is 11.6 Å². The largest absolute Gasteiger partial charge is 0.415 e. The lowest BCUT2D eigenvalue weighted by Gasteiger charge is -2.37. The van der Waals surface area contributed by atoms with Crippen molar-refractivity contribution in [3.8, 4) is 0 Å². The predicted octanol–water partition coefficient (Wildman–Crippen LogP) is 5.45. The summed E-state index contributed by atoms with van der Waals surface area (Å²) in [6.07, 6.45) is 0. The molecule has 1 aromatic carbocycles. The highest BCUT2D eigenvalue weighted by Crippen LogP contribution is 2.36. The van der Waals surface area contributed by atoms with E-state index in [4.69, 9.17) is 10.2 Å². The number of thioether (sulfide) groups is 1. The molecule has 0 bridgehead atoms. The van der Waals surface area contributed by atoms with E-state index in [0.717, 1.165) is 6.07 Å². The van der Waals surface area contributed by atoms with Crippen molar-refractivity contribution in [3.63, 3.8) is 0 Å². The summed E-state index contributed by atoms with van der Waals surface area (Å²) >= 11 is 1.31. The third-order valence-electron chi connectivity index (χ3n) is 4.97. The summed E-state index contributed by atoms with van der Waals surface area (Å²) in [5.41, 5.74) is 6.55. The number of nitrogens with two attached hydrogens (primary N) is 1. The molecule has 1 aromatic heterocycles. The van der Waals surface area contributed by atoms with Crippen LogP contribution in [0.25, 0.3) is 0 Å². The van der Waals surface area contributed by atoms with Gasteiger partial charge in [0.2, 0.25) is 0 Å². The molecule has 0 radical (unpaired) electrons. The normalized spacial score (nSPS) is 13.4. The molecule has 0 amide bonds. The van der Waals surface area contributed by atoms with Gasteiger partial charge >= 0.3 is 0 Å². The second-order valence-corrected chi connectivity index (χ2v) is 14.4. The van der Waals surface area contributed by atoms with Crippen molar-refractivity contribution in [1.29, 1.82) is 0 Å². The van der Waals surface area contributed by atoms with E-state index in [9.17, 15) is 8.78 Å². The number of halogens is 2. The molecule has 0 aliphatic heterocycles. The van der Waals surface area contributed by atoms with Gasteiger partial charge in [0.25, 0.3) is 0 Å². The number of aromatic nitrogens is 2. The summed E-state index contributed by atoms with van der Waals surface area (Å²) < 4.78 is 32.6. The van der Waals surface area contributed by atoms with Crippen LogP contribution in [0.5, 0.6) is 0 Å². The van der Waals surface area contributed by atoms with Gasteiger partial charge in [0, 0.05) is 17.9 Å². The van der Waals surface area contributed by atoms with Crippen LogP contribution in [0.2, 0.25) is 18.1 Å². The SMILES string of the molecule is CC(CO[Si](C)(C)C(C)(C)C)Nc1cc(N)nc(SCc2ccc(F)c(F)c2)n1. The van der Waals surface area contributed by atoms with Crippen LogP contribution in [0.15, 0.2) is 29.4 Å². The van der Waals surface area contributed by atoms with E-state index in [1.54, 1.807) is 6.07 Å². The van der Waals surface area contributed by atoms with E-state index < -0.39 is 20.0 Å². The van der Waals surface area contributed by atoms with Crippen molar-refractivity contribution < 1.29 is 13.2 Å². The van der Waals surface area contributed by atoms with Gasteiger partial charge in [-0.05, 0) is 42.8 Å². The van der Waals surface area contributed by atoms with Gasteiger partial charge < -0.3 is 15.5 Å². The highest BCUT2D eigenvalue weighted by molar-refractivity contribution is 7.98. The lowest BCUT2D eigenvalue weighted by molar-refractivity contribution is 0.276. The highest BCUT2D eigenvalue weighted by atomic mass is 32.2. The van der Waals surface area contributed by atoms with Crippen LogP contribution in [0.3, 0.4) is 0 Å². The molecule has 5 nitrogen and oxygen atoms in total. The third kappa shape index (κ3) is 6.93. The number of rotatable bonds is 8. The van der Waals surface area contributed by atoms with Crippen LogP contribution in [0.1, 0.15) is 33.3 Å². The molecule has 29 heavy (non-hydrogen) atoms. The zero-order valence-corrected chi connectivity index (χ0v) is 19.7. The third-order valence-corrected chi connectivity index (χ3v) is 10.4. The second kappa shape index (κ2) is 9.40. The number of nitrogen functional groups attached to an aromatic ring is 1. The molecule has 2 rings (SSSR count). The fraction of sp³-hybridized carbons (Fsp3) is 0.500. The number of anilines is 2. The molecule has 1 atom stereocenters. The molecule has 1 unspecified atom stereocenters. The second-order valence-electron chi connectivity index (χ2n) is 8.61. The smallest absolute Gasteiger partial charge is 0.192 e. The Balaban J connectivity index is 1.98. The van der Waals surface area contributed by atoms with E-state index >= 15 is 0 Å². The van der Waals surface area contributed by atoms with Crippen molar-refractivity contribution in [2.45, 2.75) is 62.8 Å². The molecule has 160 valence electrons. The first-order valence-corrected chi connectivity index (χ1v) is 13.4. The average Bonchev–Trinajstić information content (AvgIpc) is 2.60. The van der Waals surface area contributed by atoms with Crippen LogP contribution < -0.4 is 11.1 Å². The molecule has 3 N–H and O–H groups in total. The summed E-state index contributed by atoms with van der Waals surface area (Å²) in [7, 11) is -1.82. The lowest BCUT2D eigenvalue weighted by Crippen LogP contribution is -2.43. The standard InChI is InChI=1S/C20H30F2N4OSSi/c1-13(11-27-29(5,6)20(2,3)4)24-18-10-17(23)25-19(26-18)28-12-14-7-8-15(21)16(22)9-14/h7-10,13H,11-12H2,1-6H3,(H3,23,24,25,26). The van der Waals surface area contributed by atoms with Crippen molar-refractivity contribution in [2.24, 2.45) is 0 Å². The minimum atomic E-state index is -1.82. The highest BCUT2D eigenvalue weighted by Gasteiger charge is 2.37. The van der Waals surface area contributed by atoms with Gasteiger partial charge in [0.1, 0.15) is 11.6 Å². The Morgan fingerprint density at radius 1 is 1.17 bits per heavy atom. The molecule has 0 saturated heterocycles. The molecule has 2 aromatic rings. The van der Waals surface area contributed by atoms with Crippen molar-refractivity contribution in [2.75, 3.05) is 17.7 Å². The van der Waals surface area contributed by atoms with Gasteiger partial charge in [-0.3, -0.25) is 0 Å². The van der Waals surface area contributed by atoms with Gasteiger partial charge in [0.05, 0.1) is 6.61 Å². The lowest BCUT2D eigenvalue weighted by atomic mass is 10.2. The molecule has 9 heteroatoms. The van der Waals surface area contributed by atoms with Gasteiger partial charge in [-0.25, -0.2) is 18.7 Å². The zero-order chi connectivity index (χ0) is 21.8. The minimum absolute atomic E-state index is 0.0440.